The minimum Gasteiger partial charge on any atom is -0.497 e. The predicted octanol–water partition coefficient (Wildman–Crippen LogP) is 1.81. The number of aryl methyl sites for hydroxylation is 2. The van der Waals surface area contributed by atoms with Crippen LogP contribution in [0.1, 0.15) is 27.8 Å². The van der Waals surface area contributed by atoms with E-state index < -0.39 is 0 Å². The lowest BCUT2D eigenvalue weighted by molar-refractivity contribution is 0.0920. The second kappa shape index (κ2) is 6.53. The molecule has 124 valence electrons. The number of nitrogens with zero attached hydrogens (tertiary/aromatic N) is 4. The zero-order valence-electron chi connectivity index (χ0n) is 13.6. The van der Waals surface area contributed by atoms with E-state index in [0.29, 0.717) is 17.3 Å². The first-order chi connectivity index (χ1) is 11.6. The van der Waals surface area contributed by atoms with Crippen LogP contribution in [0.5, 0.6) is 5.75 Å². The van der Waals surface area contributed by atoms with Crippen molar-refractivity contribution in [3.8, 4) is 11.4 Å². The van der Waals surface area contributed by atoms with Gasteiger partial charge in [0.2, 0.25) is 5.76 Å². The van der Waals surface area contributed by atoms with Crippen molar-refractivity contribution in [2.75, 3.05) is 7.11 Å². The van der Waals surface area contributed by atoms with Gasteiger partial charge in [0.25, 0.3) is 5.91 Å². The van der Waals surface area contributed by atoms with E-state index in [1.807, 2.05) is 24.3 Å². The van der Waals surface area contributed by atoms with Gasteiger partial charge in [0.05, 0.1) is 31.2 Å². The maximum atomic E-state index is 12.1. The summed E-state index contributed by atoms with van der Waals surface area (Å²) < 4.78 is 12.0. The van der Waals surface area contributed by atoms with E-state index in [1.165, 1.54) is 0 Å². The Hall–Kier alpha value is -3.16. The minimum absolute atomic E-state index is 0.218. The molecule has 0 aliphatic heterocycles. The fourth-order valence-corrected chi connectivity index (χ4v) is 2.23. The third-order valence-corrected chi connectivity index (χ3v) is 3.42. The fraction of sp³-hybridized carbons (Fsp3) is 0.250. The number of amides is 1. The molecule has 0 aliphatic rings. The van der Waals surface area contributed by atoms with Gasteiger partial charge < -0.3 is 14.5 Å². The Kier molecular flexibility index (Phi) is 4.28. The Bertz CT molecular complexity index is 851. The molecule has 0 radical (unpaired) electrons. The van der Waals surface area contributed by atoms with Gasteiger partial charge in [0, 0.05) is 6.92 Å². The van der Waals surface area contributed by atoms with Crippen molar-refractivity contribution < 1.29 is 13.9 Å². The van der Waals surface area contributed by atoms with Crippen molar-refractivity contribution >= 4 is 5.91 Å². The van der Waals surface area contributed by atoms with Crippen LogP contribution in [0.4, 0.5) is 0 Å². The lowest BCUT2D eigenvalue weighted by atomic mass is 10.3. The molecule has 1 amide bonds. The van der Waals surface area contributed by atoms with Crippen LogP contribution < -0.4 is 10.1 Å². The van der Waals surface area contributed by atoms with Gasteiger partial charge in [-0.15, -0.1) is 5.10 Å². The van der Waals surface area contributed by atoms with Gasteiger partial charge in [-0.25, -0.2) is 9.67 Å². The molecule has 8 heteroatoms. The monoisotopic (exact) mass is 327 g/mol. The molecule has 3 rings (SSSR count). The molecule has 0 unspecified atom stereocenters. The second-order valence-corrected chi connectivity index (χ2v) is 5.18. The number of oxazole rings is 1. The molecule has 1 aromatic carbocycles. The lowest BCUT2D eigenvalue weighted by Crippen LogP contribution is -2.23. The van der Waals surface area contributed by atoms with Crippen LogP contribution in [0, 0.1) is 13.8 Å². The van der Waals surface area contributed by atoms with E-state index in [2.05, 4.69) is 20.6 Å². The fourth-order valence-electron chi connectivity index (χ4n) is 2.23. The number of carbonyl (C=O) groups is 1. The van der Waals surface area contributed by atoms with Crippen LogP contribution in [-0.2, 0) is 6.54 Å². The standard InChI is InChI=1S/C16H17N5O3/c1-10-15(24-11(2)18-10)16(22)17-8-12-9-21(20-19-12)13-4-6-14(23-3)7-5-13/h4-7,9H,8H2,1-3H3,(H,17,22). The quantitative estimate of drug-likeness (QED) is 0.768. The van der Waals surface area contributed by atoms with E-state index in [0.717, 1.165) is 11.4 Å². The first-order valence-electron chi connectivity index (χ1n) is 7.34. The molecule has 8 nitrogen and oxygen atoms in total. The smallest absolute Gasteiger partial charge is 0.289 e. The maximum absolute atomic E-state index is 12.1. The van der Waals surface area contributed by atoms with Crippen LogP contribution in [-0.4, -0.2) is 33.0 Å². The molecule has 0 aliphatic carbocycles. The van der Waals surface area contributed by atoms with Crippen molar-refractivity contribution in [1.82, 2.24) is 25.3 Å². The van der Waals surface area contributed by atoms with Crippen molar-refractivity contribution in [3.63, 3.8) is 0 Å². The van der Waals surface area contributed by atoms with Crippen LogP contribution in [0.25, 0.3) is 5.69 Å². The highest BCUT2D eigenvalue weighted by atomic mass is 16.5. The minimum atomic E-state index is -0.327. The zero-order valence-corrected chi connectivity index (χ0v) is 13.6. The van der Waals surface area contributed by atoms with Crippen molar-refractivity contribution in [2.24, 2.45) is 0 Å². The van der Waals surface area contributed by atoms with Gasteiger partial charge in [0.1, 0.15) is 11.4 Å². The van der Waals surface area contributed by atoms with Crippen molar-refractivity contribution in [1.29, 1.82) is 0 Å². The van der Waals surface area contributed by atoms with E-state index in [1.54, 1.807) is 31.8 Å². The Morgan fingerprint density at radius 3 is 2.67 bits per heavy atom. The molecule has 1 N–H and O–H groups in total. The van der Waals surface area contributed by atoms with Crippen LogP contribution in [0.15, 0.2) is 34.9 Å². The van der Waals surface area contributed by atoms with Crippen LogP contribution >= 0.6 is 0 Å². The molecule has 2 heterocycles. The lowest BCUT2D eigenvalue weighted by Gasteiger charge is -2.02. The number of rotatable bonds is 5. The number of methoxy groups -OCH3 is 1. The zero-order chi connectivity index (χ0) is 17.1. The third kappa shape index (κ3) is 3.27. The summed E-state index contributed by atoms with van der Waals surface area (Å²) in [6.07, 6.45) is 1.75. The number of hydrogen-bond donors (Lipinski definition) is 1. The summed E-state index contributed by atoms with van der Waals surface area (Å²) in [4.78, 5) is 16.2. The Morgan fingerprint density at radius 1 is 1.29 bits per heavy atom. The predicted molar refractivity (Wildman–Crippen MR) is 85.1 cm³/mol. The van der Waals surface area contributed by atoms with E-state index >= 15 is 0 Å². The number of hydrogen-bond acceptors (Lipinski definition) is 6. The molecule has 2 aromatic heterocycles. The third-order valence-electron chi connectivity index (χ3n) is 3.42. The molecule has 0 saturated carbocycles. The number of aromatic nitrogens is 4. The largest absolute Gasteiger partial charge is 0.497 e. The van der Waals surface area contributed by atoms with Gasteiger partial charge in [-0.1, -0.05) is 5.21 Å². The summed E-state index contributed by atoms with van der Waals surface area (Å²) in [7, 11) is 1.61. The summed E-state index contributed by atoms with van der Waals surface area (Å²) in [6.45, 7) is 3.67. The van der Waals surface area contributed by atoms with E-state index in [4.69, 9.17) is 9.15 Å². The second-order valence-electron chi connectivity index (χ2n) is 5.18. The van der Waals surface area contributed by atoms with Crippen molar-refractivity contribution in [2.45, 2.75) is 20.4 Å². The average molecular weight is 327 g/mol. The highest BCUT2D eigenvalue weighted by Gasteiger charge is 2.16. The number of ether oxygens (including phenoxy) is 1. The van der Waals surface area contributed by atoms with Gasteiger partial charge >= 0.3 is 0 Å². The molecule has 3 aromatic rings. The topological polar surface area (TPSA) is 95.1 Å². The molecular formula is C16H17N5O3. The van der Waals surface area contributed by atoms with Crippen LogP contribution in [0.3, 0.4) is 0 Å². The molecule has 24 heavy (non-hydrogen) atoms. The Labute approximate surface area is 138 Å². The molecule has 0 bridgehead atoms. The van der Waals surface area contributed by atoms with Gasteiger partial charge in [-0.3, -0.25) is 4.79 Å². The summed E-state index contributed by atoms with van der Waals surface area (Å²) in [5, 5.41) is 10.8. The van der Waals surface area contributed by atoms with Gasteiger partial charge in [-0.05, 0) is 31.2 Å². The SMILES string of the molecule is COc1ccc(-n2cc(CNC(=O)c3oc(C)nc3C)nn2)cc1. The number of nitrogens with one attached hydrogen (secondary N) is 1. The Balaban J connectivity index is 1.65. The van der Waals surface area contributed by atoms with Crippen molar-refractivity contribution in [3.05, 3.63) is 53.5 Å². The normalized spacial score (nSPS) is 10.6. The highest BCUT2D eigenvalue weighted by Crippen LogP contribution is 2.14. The molecule has 0 atom stereocenters. The van der Waals surface area contributed by atoms with Gasteiger partial charge in [-0.2, -0.15) is 0 Å². The Morgan fingerprint density at radius 2 is 2.04 bits per heavy atom. The van der Waals surface area contributed by atoms with E-state index in [9.17, 15) is 4.79 Å². The first kappa shape index (κ1) is 15.7. The first-order valence-corrected chi connectivity index (χ1v) is 7.34. The highest BCUT2D eigenvalue weighted by molar-refractivity contribution is 5.92. The average Bonchev–Trinajstić information content (AvgIpc) is 3.19. The van der Waals surface area contributed by atoms with Gasteiger partial charge in [0.15, 0.2) is 5.89 Å². The number of benzene rings is 1. The molecular weight excluding hydrogens is 310 g/mol. The molecule has 0 fully saturated rings. The molecule has 0 spiro atoms. The van der Waals surface area contributed by atoms with Crippen LogP contribution in [0.2, 0.25) is 0 Å². The number of carbonyl (C=O) groups excluding carboxylic acids is 1. The van der Waals surface area contributed by atoms with E-state index in [-0.39, 0.29) is 18.2 Å². The summed E-state index contributed by atoms with van der Waals surface area (Å²) in [5.41, 5.74) is 2.04. The summed E-state index contributed by atoms with van der Waals surface area (Å²) in [6, 6.07) is 7.42. The summed E-state index contributed by atoms with van der Waals surface area (Å²) in [5.74, 6) is 1.12. The summed E-state index contributed by atoms with van der Waals surface area (Å²) >= 11 is 0. The molecule has 0 saturated heterocycles. The maximum Gasteiger partial charge on any atom is 0.289 e.